The number of nitrogens with one attached hydrogen (secondary N) is 1. The summed E-state index contributed by atoms with van der Waals surface area (Å²) in [6.07, 6.45) is -2.70. The van der Waals surface area contributed by atoms with Crippen LogP contribution in [0.4, 0.5) is 23.2 Å². The van der Waals surface area contributed by atoms with E-state index in [1.54, 1.807) is 36.5 Å². The maximum atomic E-state index is 13.9. The van der Waals surface area contributed by atoms with E-state index < -0.39 is 41.5 Å². The van der Waals surface area contributed by atoms with Crippen molar-refractivity contribution in [2.75, 3.05) is 4.90 Å². The fourth-order valence-corrected chi connectivity index (χ4v) is 4.19. The maximum absolute atomic E-state index is 13.9. The Balaban J connectivity index is 0.00000253. The van der Waals surface area contributed by atoms with Gasteiger partial charge in [-0.2, -0.15) is 13.2 Å². The van der Waals surface area contributed by atoms with Crippen LogP contribution in [0.15, 0.2) is 66.9 Å². The third-order valence-corrected chi connectivity index (χ3v) is 5.96. The van der Waals surface area contributed by atoms with Crippen LogP contribution in [0.5, 0.6) is 0 Å². The van der Waals surface area contributed by atoms with Gasteiger partial charge in [0.05, 0.1) is 23.5 Å². The quantitative estimate of drug-likeness (QED) is 0.315. The van der Waals surface area contributed by atoms with Crippen molar-refractivity contribution >= 4 is 17.5 Å². The average Bonchev–Trinajstić information content (AvgIpc) is 2.83. The Morgan fingerprint density at radius 2 is 1.76 bits per heavy atom. The zero-order valence-electron chi connectivity index (χ0n) is 19.9. The molecule has 1 aromatic heterocycles. The molecular weight excluding hydrogens is 547 g/mol. The van der Waals surface area contributed by atoms with E-state index in [1.165, 1.54) is 23.1 Å². The van der Waals surface area contributed by atoms with Crippen molar-refractivity contribution in [1.82, 2.24) is 10.3 Å². The number of nitrogens with two attached hydrogens (primary N) is 1. The maximum Gasteiger partial charge on any atom is 0.416 e. The molecule has 38 heavy (non-hydrogen) atoms. The van der Waals surface area contributed by atoms with Crippen molar-refractivity contribution in [2.24, 2.45) is 5.73 Å². The van der Waals surface area contributed by atoms with E-state index in [2.05, 4.69) is 10.3 Å². The first kappa shape index (κ1) is 31.0. The van der Waals surface area contributed by atoms with Crippen LogP contribution < -0.4 is 40.8 Å². The number of aromatic nitrogens is 1. The fraction of sp³-hybridized carbons (Fsp3) is 0.269. The zero-order chi connectivity index (χ0) is 25.9. The molecule has 0 saturated heterocycles. The second-order valence-corrected chi connectivity index (χ2v) is 8.67. The van der Waals surface area contributed by atoms with Gasteiger partial charge in [0.2, 0.25) is 11.8 Å². The fourth-order valence-electron chi connectivity index (χ4n) is 4.19. The van der Waals surface area contributed by atoms with Gasteiger partial charge in [-0.15, -0.1) is 0 Å². The molecule has 0 spiro atoms. The van der Waals surface area contributed by atoms with Crippen molar-refractivity contribution in [2.45, 2.75) is 44.1 Å². The molecule has 1 unspecified atom stereocenters. The molecule has 0 saturated carbocycles. The number of alkyl halides is 3. The lowest BCUT2D eigenvalue weighted by molar-refractivity contribution is -0.137. The highest BCUT2D eigenvalue weighted by Gasteiger charge is 2.35. The smallest absolute Gasteiger partial charge is 0.416 e. The number of nitrogens with zero attached hydrogens (tertiary/aromatic N) is 2. The molecule has 2 aromatic carbocycles. The molecule has 1 aliphatic rings. The number of fused-ring (bicyclic) bond motifs is 1. The van der Waals surface area contributed by atoms with Gasteiger partial charge in [-0.3, -0.25) is 14.6 Å². The van der Waals surface area contributed by atoms with E-state index in [1.807, 2.05) is 0 Å². The van der Waals surface area contributed by atoms with Crippen LogP contribution in [-0.4, -0.2) is 28.9 Å². The van der Waals surface area contributed by atoms with Crippen molar-refractivity contribution in [3.8, 4) is 0 Å². The minimum atomic E-state index is -4.46. The SMILES string of the molecule is N[C@@H](CC(=O)NC1Cc2ncccc2N(Cc2ccc(C(F)(F)F)cc2)C1=O)Cc1ccccc1F.[Cl-].[Cl-]. The lowest BCUT2D eigenvalue weighted by Gasteiger charge is -2.34. The van der Waals surface area contributed by atoms with Crippen molar-refractivity contribution in [1.29, 1.82) is 0 Å². The highest BCUT2D eigenvalue weighted by atomic mass is 35.5. The van der Waals surface area contributed by atoms with Crippen LogP contribution in [0.2, 0.25) is 0 Å². The molecule has 0 radical (unpaired) electrons. The van der Waals surface area contributed by atoms with Crippen molar-refractivity contribution < 1.29 is 52.0 Å². The lowest BCUT2D eigenvalue weighted by Crippen LogP contribution is -3.00. The summed E-state index contributed by atoms with van der Waals surface area (Å²) >= 11 is 0. The van der Waals surface area contributed by atoms with Crippen LogP contribution >= 0.6 is 0 Å². The molecule has 2 atom stereocenters. The third kappa shape index (κ3) is 7.43. The van der Waals surface area contributed by atoms with E-state index in [4.69, 9.17) is 5.73 Å². The topological polar surface area (TPSA) is 88.3 Å². The normalized spacial score (nSPS) is 15.6. The summed E-state index contributed by atoms with van der Waals surface area (Å²) in [5, 5.41) is 2.69. The number of hydrogen-bond acceptors (Lipinski definition) is 4. The van der Waals surface area contributed by atoms with Gasteiger partial charge in [-0.1, -0.05) is 30.3 Å². The highest BCUT2D eigenvalue weighted by molar-refractivity contribution is 6.01. The minimum Gasteiger partial charge on any atom is -1.00 e. The standard InChI is InChI=1S/C26H24F4N4O2.2ClH/c27-20-5-2-1-4-17(20)12-19(31)13-24(35)33-22-14-21-23(6-3-11-32-21)34(25(22)36)15-16-7-9-18(10-8-16)26(28,29)30;;/h1-11,19,22H,12-15,31H2,(H,33,35);2*1H/p-2/t19-,22?;;/m1../s1. The van der Waals surface area contributed by atoms with E-state index in [0.717, 1.165) is 12.1 Å². The van der Waals surface area contributed by atoms with Crippen LogP contribution in [-0.2, 0) is 35.2 Å². The summed E-state index contributed by atoms with van der Waals surface area (Å²) in [5.41, 5.74) is 7.26. The zero-order valence-corrected chi connectivity index (χ0v) is 21.4. The van der Waals surface area contributed by atoms with Gasteiger partial charge in [0.1, 0.15) is 11.9 Å². The van der Waals surface area contributed by atoms with Gasteiger partial charge in [0.25, 0.3) is 0 Å². The molecule has 0 bridgehead atoms. The highest BCUT2D eigenvalue weighted by Crippen LogP contribution is 2.31. The molecule has 4 rings (SSSR count). The van der Waals surface area contributed by atoms with Crippen molar-refractivity contribution in [3.63, 3.8) is 0 Å². The van der Waals surface area contributed by atoms with E-state index >= 15 is 0 Å². The van der Waals surface area contributed by atoms with Gasteiger partial charge in [0, 0.05) is 25.1 Å². The Labute approximate surface area is 229 Å². The Bertz CT molecular complexity index is 1260. The molecule has 0 aliphatic carbocycles. The predicted molar refractivity (Wildman–Crippen MR) is 125 cm³/mol. The first-order valence-corrected chi connectivity index (χ1v) is 11.3. The predicted octanol–water partition coefficient (Wildman–Crippen LogP) is -2.22. The summed E-state index contributed by atoms with van der Waals surface area (Å²) in [7, 11) is 0. The number of carbonyl (C=O) groups is 2. The number of hydrogen-bond donors (Lipinski definition) is 2. The summed E-state index contributed by atoms with van der Waals surface area (Å²) in [5.74, 6) is -1.28. The third-order valence-electron chi connectivity index (χ3n) is 5.96. The van der Waals surface area contributed by atoms with Gasteiger partial charge in [-0.25, -0.2) is 4.39 Å². The number of rotatable bonds is 7. The number of carbonyl (C=O) groups excluding carboxylic acids is 2. The Kier molecular flexibility index (Phi) is 10.6. The molecule has 204 valence electrons. The summed E-state index contributed by atoms with van der Waals surface area (Å²) in [4.78, 5) is 31.7. The first-order chi connectivity index (χ1) is 17.1. The monoisotopic (exact) mass is 570 g/mol. The molecular formula is C26H24Cl2F4N4O2-2. The number of halogens is 6. The number of amides is 2. The number of anilines is 1. The lowest BCUT2D eigenvalue weighted by atomic mass is 9.99. The second kappa shape index (κ2) is 13.0. The Hall–Kier alpha value is -3.21. The summed E-state index contributed by atoms with van der Waals surface area (Å²) in [6, 6.07) is 12.5. The van der Waals surface area contributed by atoms with Crippen LogP contribution in [0.25, 0.3) is 0 Å². The van der Waals surface area contributed by atoms with Crippen LogP contribution in [0.3, 0.4) is 0 Å². The Morgan fingerprint density at radius 3 is 2.42 bits per heavy atom. The molecule has 1 aliphatic heterocycles. The summed E-state index contributed by atoms with van der Waals surface area (Å²) in [6.45, 7) is 0.00876. The van der Waals surface area contributed by atoms with Crippen LogP contribution in [0.1, 0.15) is 28.8 Å². The van der Waals surface area contributed by atoms with Crippen LogP contribution in [0, 0.1) is 5.82 Å². The van der Waals surface area contributed by atoms with Gasteiger partial charge in [0.15, 0.2) is 0 Å². The summed E-state index contributed by atoms with van der Waals surface area (Å²) < 4.78 is 52.6. The molecule has 2 heterocycles. The minimum absolute atomic E-state index is 0. The Morgan fingerprint density at radius 1 is 1.08 bits per heavy atom. The second-order valence-electron chi connectivity index (χ2n) is 8.67. The van der Waals surface area contributed by atoms with Gasteiger partial charge >= 0.3 is 6.18 Å². The largest absolute Gasteiger partial charge is 1.00 e. The molecule has 0 fully saturated rings. The molecule has 12 heteroatoms. The average molecular weight is 571 g/mol. The number of benzene rings is 2. The van der Waals surface area contributed by atoms with E-state index in [0.29, 0.717) is 22.5 Å². The molecule has 3 N–H and O–H groups in total. The molecule has 2 amide bonds. The number of pyridine rings is 1. The van der Waals surface area contributed by atoms with E-state index in [-0.39, 0.29) is 50.6 Å². The molecule has 3 aromatic rings. The molecule has 6 nitrogen and oxygen atoms in total. The van der Waals surface area contributed by atoms with Gasteiger partial charge < -0.3 is 40.8 Å². The van der Waals surface area contributed by atoms with E-state index in [9.17, 15) is 27.2 Å². The van der Waals surface area contributed by atoms with Gasteiger partial charge in [-0.05, 0) is 47.9 Å². The van der Waals surface area contributed by atoms with Crippen molar-refractivity contribution in [3.05, 3.63) is 95.1 Å². The first-order valence-electron chi connectivity index (χ1n) is 11.3.